The van der Waals surface area contributed by atoms with Crippen molar-refractivity contribution in [1.29, 1.82) is 5.26 Å². The number of ether oxygens (including phenoxy) is 1. The fraction of sp³-hybridized carbons (Fsp3) is 0.276. The third-order valence-electron chi connectivity index (χ3n) is 6.51. The summed E-state index contributed by atoms with van der Waals surface area (Å²) in [6, 6.07) is 21.3. The standard InChI is InChI=1S/C29H27F3N4O3/c1-35(2)28(38)22-13-11-21(12-14-22)26(20-9-7-19(17-33)8-10-20)36-16-15-23(18-36)34-27(37)24-5-3-4-6-25(24)39-29(30,31)32/h3-14,23,26H,15-16,18H2,1-2H3,(H,34,37)/t23-,26?/m1/s1. The number of alkyl halides is 3. The zero-order valence-electron chi connectivity index (χ0n) is 21.4. The number of carbonyl (C=O) groups excluding carboxylic acids is 2. The van der Waals surface area contributed by atoms with Crippen LogP contribution >= 0.6 is 0 Å². The van der Waals surface area contributed by atoms with Crippen LogP contribution in [0.1, 0.15) is 49.9 Å². The van der Waals surface area contributed by atoms with Gasteiger partial charge >= 0.3 is 6.36 Å². The topological polar surface area (TPSA) is 85.7 Å². The summed E-state index contributed by atoms with van der Waals surface area (Å²) in [6.45, 7) is 1.05. The maximum atomic E-state index is 12.9. The molecule has 0 saturated carbocycles. The minimum Gasteiger partial charge on any atom is -0.405 e. The van der Waals surface area contributed by atoms with Crippen molar-refractivity contribution < 1.29 is 27.5 Å². The summed E-state index contributed by atoms with van der Waals surface area (Å²) in [6.07, 6.45) is -4.33. The molecule has 0 aromatic heterocycles. The molecular weight excluding hydrogens is 509 g/mol. The van der Waals surface area contributed by atoms with Crippen LogP contribution in [0.5, 0.6) is 5.75 Å². The lowest BCUT2D eigenvalue weighted by Crippen LogP contribution is -2.38. The van der Waals surface area contributed by atoms with E-state index >= 15 is 0 Å². The third-order valence-corrected chi connectivity index (χ3v) is 6.51. The van der Waals surface area contributed by atoms with Crippen LogP contribution in [0.15, 0.2) is 72.8 Å². The molecule has 7 nitrogen and oxygen atoms in total. The highest BCUT2D eigenvalue weighted by Crippen LogP contribution is 2.33. The number of nitriles is 1. The van der Waals surface area contributed by atoms with Crippen molar-refractivity contribution in [2.75, 3.05) is 27.2 Å². The Morgan fingerprint density at radius 1 is 1.03 bits per heavy atom. The van der Waals surface area contributed by atoms with Gasteiger partial charge in [-0.25, -0.2) is 0 Å². The SMILES string of the molecule is CN(C)C(=O)c1ccc(C(c2ccc(C#N)cc2)N2CC[C@@H](NC(=O)c3ccccc3OC(F)(F)F)C2)cc1. The molecule has 1 aliphatic rings. The van der Waals surface area contributed by atoms with Gasteiger partial charge in [-0.15, -0.1) is 13.2 Å². The minimum atomic E-state index is -4.92. The molecule has 1 unspecified atom stereocenters. The van der Waals surface area contributed by atoms with Crippen LogP contribution in [0.4, 0.5) is 13.2 Å². The van der Waals surface area contributed by atoms with Crippen LogP contribution in [0.2, 0.25) is 0 Å². The number of carbonyl (C=O) groups is 2. The van der Waals surface area contributed by atoms with E-state index in [0.29, 0.717) is 30.6 Å². The molecule has 3 aromatic carbocycles. The van der Waals surface area contributed by atoms with Crippen molar-refractivity contribution in [3.05, 3.63) is 101 Å². The summed E-state index contributed by atoms with van der Waals surface area (Å²) in [5.74, 6) is -1.32. The third kappa shape index (κ3) is 6.75. The van der Waals surface area contributed by atoms with E-state index in [-0.39, 0.29) is 23.6 Å². The van der Waals surface area contributed by atoms with Crippen LogP contribution < -0.4 is 10.1 Å². The fourth-order valence-electron chi connectivity index (χ4n) is 4.69. The molecule has 1 N–H and O–H groups in total. The molecule has 1 saturated heterocycles. The first-order valence-corrected chi connectivity index (χ1v) is 12.3. The van der Waals surface area contributed by atoms with E-state index in [1.165, 1.54) is 23.1 Å². The van der Waals surface area contributed by atoms with Gasteiger partial charge in [0.2, 0.25) is 0 Å². The molecule has 0 spiro atoms. The van der Waals surface area contributed by atoms with Crippen LogP contribution in [0.3, 0.4) is 0 Å². The quantitative estimate of drug-likeness (QED) is 0.471. The number of hydrogen-bond acceptors (Lipinski definition) is 5. The molecule has 39 heavy (non-hydrogen) atoms. The predicted octanol–water partition coefficient (Wildman–Crippen LogP) is 4.75. The molecule has 0 aliphatic carbocycles. The van der Waals surface area contributed by atoms with E-state index in [0.717, 1.165) is 17.2 Å². The molecule has 202 valence electrons. The lowest BCUT2D eigenvalue weighted by atomic mass is 9.95. The van der Waals surface area contributed by atoms with Gasteiger partial charge in [0, 0.05) is 38.8 Å². The fourth-order valence-corrected chi connectivity index (χ4v) is 4.69. The van der Waals surface area contributed by atoms with E-state index in [1.54, 1.807) is 38.4 Å². The molecule has 1 fully saturated rings. The Hall–Kier alpha value is -4.36. The molecule has 1 heterocycles. The summed E-state index contributed by atoms with van der Waals surface area (Å²) < 4.78 is 42.5. The lowest BCUT2D eigenvalue weighted by molar-refractivity contribution is -0.274. The molecule has 2 atom stereocenters. The summed E-state index contributed by atoms with van der Waals surface area (Å²) in [5.41, 5.74) is 2.73. The maximum Gasteiger partial charge on any atom is 0.573 e. The second-order valence-corrected chi connectivity index (χ2v) is 9.46. The second kappa shape index (κ2) is 11.6. The largest absolute Gasteiger partial charge is 0.573 e. The van der Waals surface area contributed by atoms with Gasteiger partial charge in [0.15, 0.2) is 0 Å². The van der Waals surface area contributed by atoms with Crippen LogP contribution in [0, 0.1) is 11.3 Å². The monoisotopic (exact) mass is 536 g/mol. The van der Waals surface area contributed by atoms with Crippen LogP contribution in [-0.2, 0) is 0 Å². The highest BCUT2D eigenvalue weighted by Gasteiger charge is 2.34. The average Bonchev–Trinajstić information content (AvgIpc) is 3.36. The summed E-state index contributed by atoms with van der Waals surface area (Å²) >= 11 is 0. The Bertz CT molecular complexity index is 1370. The molecule has 10 heteroatoms. The molecule has 1 aliphatic heterocycles. The first kappa shape index (κ1) is 27.7. The van der Waals surface area contributed by atoms with Gasteiger partial charge in [0.05, 0.1) is 23.2 Å². The number of halogens is 3. The lowest BCUT2D eigenvalue weighted by Gasteiger charge is -2.29. The number of nitrogens with zero attached hydrogens (tertiary/aromatic N) is 3. The zero-order valence-corrected chi connectivity index (χ0v) is 21.4. The molecular formula is C29H27F3N4O3. The smallest absolute Gasteiger partial charge is 0.405 e. The summed E-state index contributed by atoms with van der Waals surface area (Å²) in [5, 5.41) is 12.1. The molecule has 3 aromatic rings. The van der Waals surface area contributed by atoms with Crippen molar-refractivity contribution in [3.8, 4) is 11.8 Å². The van der Waals surface area contributed by atoms with Gasteiger partial charge in [-0.05, 0) is 53.9 Å². The molecule has 2 amide bonds. The van der Waals surface area contributed by atoms with Crippen molar-refractivity contribution in [2.45, 2.75) is 24.9 Å². The number of nitrogens with one attached hydrogen (secondary N) is 1. The van der Waals surface area contributed by atoms with Crippen molar-refractivity contribution in [3.63, 3.8) is 0 Å². The van der Waals surface area contributed by atoms with Gasteiger partial charge in [-0.1, -0.05) is 36.4 Å². The minimum absolute atomic E-state index is 0.116. The van der Waals surface area contributed by atoms with Crippen molar-refractivity contribution >= 4 is 11.8 Å². The van der Waals surface area contributed by atoms with Crippen LogP contribution in [0.25, 0.3) is 0 Å². The predicted molar refractivity (Wildman–Crippen MR) is 138 cm³/mol. The van der Waals surface area contributed by atoms with Gasteiger partial charge in [0.1, 0.15) is 5.75 Å². The van der Waals surface area contributed by atoms with Gasteiger partial charge < -0.3 is 15.0 Å². The van der Waals surface area contributed by atoms with E-state index < -0.39 is 18.0 Å². The first-order chi connectivity index (χ1) is 18.6. The van der Waals surface area contributed by atoms with E-state index in [9.17, 15) is 28.0 Å². The van der Waals surface area contributed by atoms with Crippen molar-refractivity contribution in [2.24, 2.45) is 0 Å². The summed E-state index contributed by atoms with van der Waals surface area (Å²) in [4.78, 5) is 28.9. The number of para-hydroxylation sites is 1. The van der Waals surface area contributed by atoms with Gasteiger partial charge in [0.25, 0.3) is 11.8 Å². The number of benzene rings is 3. The van der Waals surface area contributed by atoms with Crippen molar-refractivity contribution in [1.82, 2.24) is 15.1 Å². The first-order valence-electron chi connectivity index (χ1n) is 12.3. The second-order valence-electron chi connectivity index (χ2n) is 9.46. The average molecular weight is 537 g/mol. The molecule has 4 rings (SSSR count). The Balaban J connectivity index is 1.55. The molecule has 0 radical (unpaired) electrons. The number of likely N-dealkylation sites (tertiary alicyclic amines) is 1. The van der Waals surface area contributed by atoms with E-state index in [2.05, 4.69) is 21.0 Å². The summed E-state index contributed by atoms with van der Waals surface area (Å²) in [7, 11) is 3.37. The Kier molecular flexibility index (Phi) is 8.21. The van der Waals surface area contributed by atoms with Crippen LogP contribution in [-0.4, -0.2) is 61.2 Å². The van der Waals surface area contributed by atoms with E-state index in [1.807, 2.05) is 24.3 Å². The highest BCUT2D eigenvalue weighted by atomic mass is 19.4. The Morgan fingerprint density at radius 2 is 1.64 bits per heavy atom. The maximum absolute atomic E-state index is 12.9. The zero-order chi connectivity index (χ0) is 28.2. The number of amides is 2. The van der Waals surface area contributed by atoms with Gasteiger partial charge in [-0.2, -0.15) is 5.26 Å². The van der Waals surface area contributed by atoms with E-state index in [4.69, 9.17) is 0 Å². The number of rotatable bonds is 7. The number of hydrogen-bond donors (Lipinski definition) is 1. The van der Waals surface area contributed by atoms with Gasteiger partial charge in [-0.3, -0.25) is 14.5 Å². The Morgan fingerprint density at radius 3 is 2.23 bits per heavy atom. The molecule has 0 bridgehead atoms. The highest BCUT2D eigenvalue weighted by molar-refractivity contribution is 5.97. The Labute approximate surface area is 224 Å². The normalized spacial score (nSPS) is 16.3.